The third-order valence-electron chi connectivity index (χ3n) is 16.1. The lowest BCUT2D eigenvalue weighted by Gasteiger charge is -2.20. The number of unbranched alkanes of at least 4 members (excludes halogenated alkanes) is 48. The Bertz CT molecular complexity index is 1310. The van der Waals surface area contributed by atoms with Crippen molar-refractivity contribution >= 4 is 11.9 Å². The van der Waals surface area contributed by atoms with Gasteiger partial charge in [-0.25, -0.2) is 0 Å². The van der Waals surface area contributed by atoms with Gasteiger partial charge in [0.15, 0.2) is 0 Å². The molecule has 0 fully saturated rings. The van der Waals surface area contributed by atoms with Crippen LogP contribution in [0.1, 0.15) is 373 Å². The maximum absolute atomic E-state index is 12.5. The van der Waals surface area contributed by atoms with E-state index in [1.807, 2.05) is 6.08 Å². The first kappa shape index (κ1) is 75.8. The summed E-state index contributed by atoms with van der Waals surface area (Å²) >= 11 is 0. The summed E-state index contributed by atoms with van der Waals surface area (Å²) < 4.78 is 5.50. The Kier molecular flexibility index (Phi) is 65.4. The van der Waals surface area contributed by atoms with Gasteiger partial charge in [-0.15, -0.1) is 0 Å². The molecule has 0 aromatic rings. The molecule has 6 heteroatoms. The van der Waals surface area contributed by atoms with Gasteiger partial charge in [0, 0.05) is 12.8 Å². The molecule has 0 bridgehead atoms. The smallest absolute Gasteiger partial charge is 0.305 e. The number of amides is 1. The Hall–Kier alpha value is -2.18. The van der Waals surface area contributed by atoms with Crippen LogP contribution in [-0.2, 0) is 14.3 Å². The fourth-order valence-corrected chi connectivity index (χ4v) is 10.7. The number of aliphatic hydroxyl groups excluding tert-OH is 2. The lowest BCUT2D eigenvalue weighted by atomic mass is 10.0. The number of carbonyl (C=O) groups excluding carboxylic acids is 2. The van der Waals surface area contributed by atoms with Gasteiger partial charge in [-0.1, -0.05) is 319 Å². The number of ether oxygens (including phenoxy) is 1. The van der Waals surface area contributed by atoms with E-state index in [1.165, 1.54) is 289 Å². The normalized spacial score (nSPS) is 12.8. The summed E-state index contributed by atoms with van der Waals surface area (Å²) in [4.78, 5) is 24.6. The van der Waals surface area contributed by atoms with Crippen LogP contribution in [0.25, 0.3) is 0 Å². The Labute approximate surface area is 486 Å². The summed E-state index contributed by atoms with van der Waals surface area (Å²) in [6.07, 6.45) is 87.4. The van der Waals surface area contributed by atoms with Crippen molar-refractivity contribution in [3.63, 3.8) is 0 Å². The van der Waals surface area contributed by atoms with E-state index in [0.717, 1.165) is 57.8 Å². The molecular formula is C72H135NO5. The molecule has 458 valence electrons. The van der Waals surface area contributed by atoms with E-state index in [2.05, 4.69) is 55.6 Å². The quantitative estimate of drug-likeness (QED) is 0.0320. The van der Waals surface area contributed by atoms with Crippen LogP contribution in [-0.4, -0.2) is 47.4 Å². The number of nitrogens with one attached hydrogen (secondary N) is 1. The fourth-order valence-electron chi connectivity index (χ4n) is 10.7. The first-order chi connectivity index (χ1) is 38.5. The van der Waals surface area contributed by atoms with Gasteiger partial charge in [-0.3, -0.25) is 9.59 Å². The minimum atomic E-state index is -0.851. The van der Waals surface area contributed by atoms with Crippen molar-refractivity contribution in [3.05, 3.63) is 48.6 Å². The topological polar surface area (TPSA) is 95.9 Å². The number of hydrogen-bond acceptors (Lipinski definition) is 5. The van der Waals surface area contributed by atoms with Gasteiger partial charge in [0.25, 0.3) is 0 Å². The average molecular weight is 1090 g/mol. The molecule has 3 N–H and O–H groups in total. The lowest BCUT2D eigenvalue weighted by Crippen LogP contribution is -2.45. The Morgan fingerprint density at radius 2 is 0.641 bits per heavy atom. The highest BCUT2D eigenvalue weighted by Crippen LogP contribution is 2.18. The Balaban J connectivity index is 3.44. The molecule has 0 aliphatic carbocycles. The Morgan fingerprint density at radius 3 is 1.00 bits per heavy atom. The molecule has 0 saturated heterocycles. The van der Waals surface area contributed by atoms with Crippen molar-refractivity contribution < 1.29 is 24.5 Å². The van der Waals surface area contributed by atoms with E-state index in [-0.39, 0.29) is 18.5 Å². The zero-order chi connectivity index (χ0) is 56.4. The Morgan fingerprint density at radius 1 is 0.359 bits per heavy atom. The van der Waals surface area contributed by atoms with E-state index in [0.29, 0.717) is 19.4 Å². The summed E-state index contributed by atoms with van der Waals surface area (Å²) in [5.41, 5.74) is 0. The second-order valence-corrected chi connectivity index (χ2v) is 23.9. The predicted octanol–water partition coefficient (Wildman–Crippen LogP) is 22.5. The maximum atomic E-state index is 12.5. The van der Waals surface area contributed by atoms with Gasteiger partial charge in [0.1, 0.15) is 0 Å². The van der Waals surface area contributed by atoms with Gasteiger partial charge in [-0.2, -0.15) is 0 Å². The number of allylic oxidation sites excluding steroid dienone is 7. The lowest BCUT2D eigenvalue weighted by molar-refractivity contribution is -0.143. The third kappa shape index (κ3) is 63.0. The zero-order valence-electron chi connectivity index (χ0n) is 52.4. The third-order valence-corrected chi connectivity index (χ3v) is 16.1. The predicted molar refractivity (Wildman–Crippen MR) is 342 cm³/mol. The monoisotopic (exact) mass is 1090 g/mol. The molecule has 0 aliphatic heterocycles. The molecule has 0 aliphatic rings. The molecule has 6 nitrogen and oxygen atoms in total. The van der Waals surface area contributed by atoms with Crippen molar-refractivity contribution in [2.75, 3.05) is 13.2 Å². The molecule has 0 aromatic carbocycles. The van der Waals surface area contributed by atoms with Crippen LogP contribution in [0, 0.1) is 0 Å². The SMILES string of the molecule is CCCCCC/C=C\C/C=C\CCCCCCCCCC(=O)OCCCCCCCCCCCCC/C=C\CCCCCCCCCC(=O)NC(CO)C(O)/C=C/CCCCCCCCCCCCCCCCCCCCC. The molecular weight excluding hydrogens is 959 g/mol. The molecule has 0 saturated carbocycles. The summed E-state index contributed by atoms with van der Waals surface area (Å²) in [5, 5.41) is 23.2. The molecule has 2 unspecified atom stereocenters. The van der Waals surface area contributed by atoms with Crippen LogP contribution in [0.2, 0.25) is 0 Å². The van der Waals surface area contributed by atoms with Crippen molar-refractivity contribution in [3.8, 4) is 0 Å². The van der Waals surface area contributed by atoms with Gasteiger partial charge < -0.3 is 20.3 Å². The molecule has 0 rings (SSSR count). The number of aliphatic hydroxyl groups is 2. The van der Waals surface area contributed by atoms with Crippen LogP contribution in [0.3, 0.4) is 0 Å². The van der Waals surface area contributed by atoms with Gasteiger partial charge in [0.05, 0.1) is 25.4 Å². The first-order valence-corrected chi connectivity index (χ1v) is 34.9. The number of hydrogen-bond donors (Lipinski definition) is 3. The molecule has 0 heterocycles. The molecule has 0 spiro atoms. The molecule has 0 aromatic heterocycles. The summed E-state index contributed by atoms with van der Waals surface area (Å²) in [6.45, 7) is 4.91. The molecule has 0 radical (unpaired) electrons. The summed E-state index contributed by atoms with van der Waals surface area (Å²) in [7, 11) is 0. The minimum absolute atomic E-state index is 0.00231. The van der Waals surface area contributed by atoms with Crippen molar-refractivity contribution in [1.82, 2.24) is 5.32 Å². The number of esters is 1. The fraction of sp³-hybridized carbons (Fsp3) is 0.861. The van der Waals surface area contributed by atoms with Crippen molar-refractivity contribution in [1.29, 1.82) is 0 Å². The van der Waals surface area contributed by atoms with Gasteiger partial charge in [-0.05, 0) is 89.9 Å². The van der Waals surface area contributed by atoms with Crippen molar-refractivity contribution in [2.45, 2.75) is 386 Å². The maximum Gasteiger partial charge on any atom is 0.305 e. The second kappa shape index (κ2) is 67.3. The standard InChI is InChI=1S/C72H135NO5/c1-3-5-7-9-11-13-15-17-19-21-23-26-29-32-36-40-44-48-52-56-60-64-70(75)69(68-74)73-71(76)65-61-57-53-49-45-41-37-33-30-27-24-25-28-31-35-39-43-47-51-55-59-63-67-78-72(77)66-62-58-54-50-46-42-38-34-22-20-18-16-14-12-10-8-6-4-2/h14,16,20,22,27,30,60,64,69-70,74-75H,3-13,15,17-19,21,23-26,28-29,31-59,61-63,65-68H2,1-2H3,(H,73,76)/b16-14-,22-20-,30-27-,64-60+. The number of carbonyl (C=O) groups is 2. The van der Waals surface area contributed by atoms with Crippen LogP contribution in [0.4, 0.5) is 0 Å². The molecule has 1 amide bonds. The second-order valence-electron chi connectivity index (χ2n) is 23.9. The zero-order valence-corrected chi connectivity index (χ0v) is 52.4. The van der Waals surface area contributed by atoms with E-state index < -0.39 is 12.1 Å². The minimum Gasteiger partial charge on any atom is -0.466 e. The summed E-state index contributed by atoms with van der Waals surface area (Å²) in [5.74, 6) is -0.0700. The molecule has 78 heavy (non-hydrogen) atoms. The van der Waals surface area contributed by atoms with E-state index in [1.54, 1.807) is 6.08 Å². The van der Waals surface area contributed by atoms with Crippen LogP contribution >= 0.6 is 0 Å². The highest BCUT2D eigenvalue weighted by molar-refractivity contribution is 5.76. The van der Waals surface area contributed by atoms with Crippen LogP contribution in [0.15, 0.2) is 48.6 Å². The summed E-state index contributed by atoms with van der Waals surface area (Å²) in [6, 6.07) is -0.635. The largest absolute Gasteiger partial charge is 0.466 e. The first-order valence-electron chi connectivity index (χ1n) is 34.9. The van der Waals surface area contributed by atoms with E-state index in [4.69, 9.17) is 4.74 Å². The number of rotatable bonds is 65. The van der Waals surface area contributed by atoms with E-state index >= 15 is 0 Å². The van der Waals surface area contributed by atoms with Gasteiger partial charge in [0.2, 0.25) is 5.91 Å². The van der Waals surface area contributed by atoms with Gasteiger partial charge >= 0.3 is 5.97 Å². The van der Waals surface area contributed by atoms with Crippen molar-refractivity contribution in [2.24, 2.45) is 0 Å². The highest BCUT2D eigenvalue weighted by atomic mass is 16.5. The van der Waals surface area contributed by atoms with Crippen LogP contribution in [0.5, 0.6) is 0 Å². The van der Waals surface area contributed by atoms with Crippen LogP contribution < -0.4 is 5.32 Å². The van der Waals surface area contributed by atoms with E-state index in [9.17, 15) is 19.8 Å². The average Bonchev–Trinajstić information content (AvgIpc) is 3.44. The highest BCUT2D eigenvalue weighted by Gasteiger charge is 2.18. The molecule has 2 atom stereocenters.